The molecule has 1 saturated heterocycles. The van der Waals surface area contributed by atoms with Crippen molar-refractivity contribution in [3.8, 4) is 6.07 Å². The highest BCUT2D eigenvalue weighted by Crippen LogP contribution is 2.31. The highest BCUT2D eigenvalue weighted by Gasteiger charge is 2.34. The van der Waals surface area contributed by atoms with Gasteiger partial charge in [0.05, 0.1) is 18.6 Å². The van der Waals surface area contributed by atoms with Crippen molar-refractivity contribution >= 4 is 0 Å². The minimum absolute atomic E-state index is 0.273. The van der Waals surface area contributed by atoms with Gasteiger partial charge < -0.3 is 4.74 Å². The molecular formula is C13H22N2O. The van der Waals surface area contributed by atoms with Gasteiger partial charge in [-0.05, 0) is 31.7 Å². The lowest BCUT2D eigenvalue weighted by Crippen LogP contribution is -2.40. The molecule has 0 aromatic rings. The molecule has 3 unspecified atom stereocenters. The molecule has 90 valence electrons. The number of likely N-dealkylation sites (tertiary alicyclic amines) is 1. The summed E-state index contributed by atoms with van der Waals surface area (Å²) in [6.07, 6.45) is 6.10. The van der Waals surface area contributed by atoms with Crippen LogP contribution in [0.25, 0.3) is 0 Å². The first-order chi connectivity index (χ1) is 7.85. The van der Waals surface area contributed by atoms with E-state index in [1.807, 2.05) is 0 Å². The van der Waals surface area contributed by atoms with Gasteiger partial charge in [-0.3, -0.25) is 4.90 Å². The molecule has 1 aliphatic heterocycles. The largest absolute Gasteiger partial charge is 0.384 e. The monoisotopic (exact) mass is 222 g/mol. The minimum atomic E-state index is 0.273. The van der Waals surface area contributed by atoms with E-state index >= 15 is 0 Å². The van der Waals surface area contributed by atoms with Crippen molar-refractivity contribution in [2.24, 2.45) is 11.8 Å². The van der Waals surface area contributed by atoms with E-state index in [0.717, 1.165) is 26.1 Å². The molecule has 0 N–H and O–H groups in total. The Kier molecular flexibility index (Phi) is 4.20. The quantitative estimate of drug-likeness (QED) is 0.733. The summed E-state index contributed by atoms with van der Waals surface area (Å²) in [4.78, 5) is 2.54. The van der Waals surface area contributed by atoms with Crippen molar-refractivity contribution in [1.29, 1.82) is 5.26 Å². The van der Waals surface area contributed by atoms with Crippen LogP contribution in [0.15, 0.2) is 0 Å². The molecular weight excluding hydrogens is 200 g/mol. The fourth-order valence-electron chi connectivity index (χ4n) is 3.23. The van der Waals surface area contributed by atoms with E-state index in [-0.39, 0.29) is 5.92 Å². The zero-order chi connectivity index (χ0) is 11.4. The van der Waals surface area contributed by atoms with E-state index in [0.29, 0.717) is 12.0 Å². The molecule has 16 heavy (non-hydrogen) atoms. The first kappa shape index (κ1) is 11.9. The molecule has 2 rings (SSSR count). The topological polar surface area (TPSA) is 36.3 Å². The number of rotatable bonds is 3. The summed E-state index contributed by atoms with van der Waals surface area (Å²) in [5.41, 5.74) is 0. The third-order valence-electron chi connectivity index (χ3n) is 4.08. The van der Waals surface area contributed by atoms with Crippen molar-refractivity contribution in [2.75, 3.05) is 26.8 Å². The van der Waals surface area contributed by atoms with Gasteiger partial charge in [0.15, 0.2) is 0 Å². The molecule has 3 nitrogen and oxygen atoms in total. The van der Waals surface area contributed by atoms with Crippen LogP contribution in [0, 0.1) is 23.2 Å². The third kappa shape index (κ3) is 2.56. The van der Waals surface area contributed by atoms with Gasteiger partial charge in [0.2, 0.25) is 0 Å². The summed E-state index contributed by atoms with van der Waals surface area (Å²) in [6.45, 7) is 3.17. The molecule has 0 amide bonds. The fraction of sp³-hybridized carbons (Fsp3) is 0.923. The number of ether oxygens (including phenoxy) is 1. The Morgan fingerprint density at radius 1 is 1.31 bits per heavy atom. The minimum Gasteiger partial charge on any atom is -0.384 e. The Morgan fingerprint density at radius 2 is 2.12 bits per heavy atom. The first-order valence-electron chi connectivity index (χ1n) is 6.47. The molecule has 1 saturated carbocycles. The van der Waals surface area contributed by atoms with E-state index < -0.39 is 0 Å². The maximum Gasteiger partial charge on any atom is 0.0672 e. The average Bonchev–Trinajstić information content (AvgIpc) is 2.78. The van der Waals surface area contributed by atoms with Crippen molar-refractivity contribution < 1.29 is 4.74 Å². The van der Waals surface area contributed by atoms with Crippen molar-refractivity contribution in [1.82, 2.24) is 4.90 Å². The Hall–Kier alpha value is -0.590. The number of hydrogen-bond donors (Lipinski definition) is 0. The Labute approximate surface area is 98.4 Å². The van der Waals surface area contributed by atoms with Crippen LogP contribution in [0.5, 0.6) is 0 Å². The van der Waals surface area contributed by atoms with Crippen LogP contribution in [0.1, 0.15) is 32.1 Å². The zero-order valence-electron chi connectivity index (χ0n) is 10.2. The van der Waals surface area contributed by atoms with Gasteiger partial charge in [-0.15, -0.1) is 0 Å². The first-order valence-corrected chi connectivity index (χ1v) is 6.47. The van der Waals surface area contributed by atoms with Crippen LogP contribution in [0.4, 0.5) is 0 Å². The van der Waals surface area contributed by atoms with Crippen LogP contribution in [0.2, 0.25) is 0 Å². The van der Waals surface area contributed by atoms with Gasteiger partial charge in [-0.1, -0.05) is 12.8 Å². The van der Waals surface area contributed by atoms with Crippen LogP contribution in [0.3, 0.4) is 0 Å². The average molecular weight is 222 g/mol. The second-order valence-corrected chi connectivity index (χ2v) is 5.19. The van der Waals surface area contributed by atoms with Gasteiger partial charge in [-0.25, -0.2) is 0 Å². The highest BCUT2D eigenvalue weighted by molar-refractivity contribution is 4.97. The molecule has 3 heteroatoms. The van der Waals surface area contributed by atoms with E-state index in [2.05, 4.69) is 11.0 Å². The van der Waals surface area contributed by atoms with Crippen LogP contribution < -0.4 is 0 Å². The van der Waals surface area contributed by atoms with E-state index in [9.17, 15) is 5.26 Å². The van der Waals surface area contributed by atoms with Gasteiger partial charge in [-0.2, -0.15) is 5.26 Å². The zero-order valence-corrected chi connectivity index (χ0v) is 10.2. The molecule has 1 heterocycles. The molecule has 2 fully saturated rings. The molecule has 1 aliphatic carbocycles. The smallest absolute Gasteiger partial charge is 0.0672 e. The van der Waals surface area contributed by atoms with Crippen molar-refractivity contribution in [3.05, 3.63) is 0 Å². The van der Waals surface area contributed by atoms with E-state index in [1.165, 1.54) is 25.7 Å². The van der Waals surface area contributed by atoms with Gasteiger partial charge in [0.25, 0.3) is 0 Å². The van der Waals surface area contributed by atoms with Crippen molar-refractivity contribution in [2.45, 2.75) is 38.1 Å². The fourth-order valence-corrected chi connectivity index (χ4v) is 3.23. The summed E-state index contributed by atoms with van der Waals surface area (Å²) >= 11 is 0. The van der Waals surface area contributed by atoms with Gasteiger partial charge in [0, 0.05) is 19.7 Å². The summed E-state index contributed by atoms with van der Waals surface area (Å²) in [6, 6.07) is 3.03. The highest BCUT2D eigenvalue weighted by atomic mass is 16.5. The lowest BCUT2D eigenvalue weighted by Gasteiger charge is -2.34. The molecule has 0 radical (unpaired) electrons. The standard InChI is InChI=1S/C13H22N2O/c1-16-10-11-6-7-15(9-11)13-5-3-2-4-12(13)8-14/h11-13H,2-7,9-10H2,1H3. The molecule has 0 aromatic carbocycles. The van der Waals surface area contributed by atoms with Crippen molar-refractivity contribution in [3.63, 3.8) is 0 Å². The lowest BCUT2D eigenvalue weighted by molar-refractivity contribution is 0.126. The predicted octanol–water partition coefficient (Wildman–Crippen LogP) is 2.04. The molecule has 0 bridgehead atoms. The summed E-state index contributed by atoms with van der Waals surface area (Å²) in [7, 11) is 1.78. The van der Waals surface area contributed by atoms with Gasteiger partial charge >= 0.3 is 0 Å². The maximum atomic E-state index is 9.19. The Balaban J connectivity index is 1.89. The molecule has 0 spiro atoms. The van der Waals surface area contributed by atoms with E-state index in [1.54, 1.807) is 7.11 Å². The Morgan fingerprint density at radius 3 is 2.88 bits per heavy atom. The molecule has 3 atom stereocenters. The molecule has 2 aliphatic rings. The number of hydrogen-bond acceptors (Lipinski definition) is 3. The normalized spacial score (nSPS) is 36.1. The summed E-state index contributed by atoms with van der Waals surface area (Å²) < 4.78 is 5.22. The van der Waals surface area contributed by atoms with Gasteiger partial charge in [0.1, 0.15) is 0 Å². The summed E-state index contributed by atoms with van der Waals surface area (Å²) in [5, 5.41) is 9.19. The second-order valence-electron chi connectivity index (χ2n) is 5.19. The number of nitrogens with zero attached hydrogens (tertiary/aromatic N) is 2. The number of nitriles is 1. The SMILES string of the molecule is COCC1CCN(C2CCCCC2C#N)C1. The maximum absolute atomic E-state index is 9.19. The summed E-state index contributed by atoms with van der Waals surface area (Å²) in [5.74, 6) is 0.960. The van der Waals surface area contributed by atoms with Crippen LogP contribution in [-0.4, -0.2) is 37.7 Å². The third-order valence-corrected chi connectivity index (χ3v) is 4.08. The van der Waals surface area contributed by atoms with Crippen LogP contribution in [-0.2, 0) is 4.74 Å². The predicted molar refractivity (Wildman–Crippen MR) is 62.9 cm³/mol. The van der Waals surface area contributed by atoms with E-state index in [4.69, 9.17) is 4.74 Å². The van der Waals surface area contributed by atoms with Crippen LogP contribution >= 0.6 is 0 Å². The molecule has 0 aromatic heterocycles. The number of methoxy groups -OCH3 is 1. The lowest BCUT2D eigenvalue weighted by atomic mass is 9.84. The second kappa shape index (κ2) is 5.65. The Bertz CT molecular complexity index is 261.